The maximum atomic E-state index is 13.0. The minimum Gasteiger partial charge on any atom is -0.494 e. The van der Waals surface area contributed by atoms with E-state index in [2.05, 4.69) is 26.2 Å². The van der Waals surface area contributed by atoms with Crippen LogP contribution in [0.25, 0.3) is 11.0 Å². The normalized spacial score (nSPS) is 16.7. The van der Waals surface area contributed by atoms with E-state index in [0.717, 1.165) is 35.1 Å². The van der Waals surface area contributed by atoms with Gasteiger partial charge in [-0.05, 0) is 68.3 Å². The largest absolute Gasteiger partial charge is 0.494 e. The molecule has 1 saturated heterocycles. The van der Waals surface area contributed by atoms with E-state index in [-0.39, 0.29) is 17.6 Å². The smallest absolute Gasteiger partial charge is 0.256 e. The molecule has 30 heavy (non-hydrogen) atoms. The summed E-state index contributed by atoms with van der Waals surface area (Å²) in [6, 6.07) is 14.8. The van der Waals surface area contributed by atoms with Crippen LogP contribution in [0.1, 0.15) is 30.1 Å². The quantitative estimate of drug-likeness (QED) is 0.564. The summed E-state index contributed by atoms with van der Waals surface area (Å²) in [5, 5.41) is 3.77. The molecule has 0 bridgehead atoms. The molecule has 6 nitrogen and oxygen atoms in total. The number of hydrogen-bond acceptors (Lipinski definition) is 5. The molecule has 1 aliphatic heterocycles. The number of hydrogen-bond donors (Lipinski definition) is 1. The topological polar surface area (TPSA) is 73.1 Å². The number of benzene rings is 2. The highest BCUT2D eigenvalue weighted by Gasteiger charge is 2.18. The second kappa shape index (κ2) is 9.45. The van der Waals surface area contributed by atoms with Gasteiger partial charge >= 0.3 is 0 Å². The van der Waals surface area contributed by atoms with Crippen LogP contribution in [0.2, 0.25) is 0 Å². The molecule has 156 valence electrons. The van der Waals surface area contributed by atoms with Gasteiger partial charge in [-0.3, -0.25) is 4.79 Å². The Morgan fingerprint density at radius 2 is 2.07 bits per heavy atom. The first kappa shape index (κ1) is 20.6. The molecule has 4 rings (SSSR count). The lowest BCUT2D eigenvalue weighted by molar-refractivity contribution is 0.0854. The summed E-state index contributed by atoms with van der Waals surface area (Å²) in [7, 11) is 0. The van der Waals surface area contributed by atoms with Gasteiger partial charge in [0.25, 0.3) is 5.91 Å². The SMILES string of the molecule is CCOc1ccc(N=c2oc3ccc(Br)cc3cc2C(=O)NC[C@H]2CCCO2)cc1. The number of rotatable bonds is 6. The molecule has 0 spiro atoms. The number of nitrogens with one attached hydrogen (secondary N) is 1. The highest BCUT2D eigenvalue weighted by molar-refractivity contribution is 9.10. The van der Waals surface area contributed by atoms with Gasteiger partial charge in [-0.2, -0.15) is 0 Å². The van der Waals surface area contributed by atoms with Crippen molar-refractivity contribution >= 4 is 38.5 Å². The van der Waals surface area contributed by atoms with Crippen molar-refractivity contribution in [3.05, 3.63) is 64.1 Å². The van der Waals surface area contributed by atoms with E-state index >= 15 is 0 Å². The average molecular weight is 471 g/mol. The van der Waals surface area contributed by atoms with E-state index in [0.29, 0.717) is 30.0 Å². The highest BCUT2D eigenvalue weighted by Crippen LogP contribution is 2.21. The van der Waals surface area contributed by atoms with Crippen molar-refractivity contribution in [1.29, 1.82) is 0 Å². The summed E-state index contributed by atoms with van der Waals surface area (Å²) in [4.78, 5) is 17.6. The molecule has 1 aliphatic rings. The van der Waals surface area contributed by atoms with Crippen molar-refractivity contribution in [3.8, 4) is 5.75 Å². The van der Waals surface area contributed by atoms with Crippen LogP contribution in [-0.2, 0) is 4.74 Å². The fraction of sp³-hybridized carbons (Fsp3) is 0.304. The molecule has 1 atom stereocenters. The molecular formula is C23H23BrN2O4. The van der Waals surface area contributed by atoms with E-state index < -0.39 is 0 Å². The first-order valence-corrected chi connectivity index (χ1v) is 10.8. The molecule has 1 aromatic heterocycles. The van der Waals surface area contributed by atoms with Crippen molar-refractivity contribution in [2.45, 2.75) is 25.9 Å². The van der Waals surface area contributed by atoms with Crippen LogP contribution in [0.5, 0.6) is 5.75 Å². The summed E-state index contributed by atoms with van der Waals surface area (Å²) in [6.07, 6.45) is 2.05. The van der Waals surface area contributed by atoms with E-state index in [1.165, 1.54) is 0 Å². The predicted molar refractivity (Wildman–Crippen MR) is 118 cm³/mol. The number of ether oxygens (including phenoxy) is 2. The molecule has 2 heterocycles. The first-order valence-electron chi connectivity index (χ1n) is 10.0. The van der Waals surface area contributed by atoms with Crippen molar-refractivity contribution in [2.24, 2.45) is 4.99 Å². The van der Waals surface area contributed by atoms with Gasteiger partial charge in [0.2, 0.25) is 5.55 Å². The summed E-state index contributed by atoms with van der Waals surface area (Å²) in [5.41, 5.74) is 1.97. The zero-order valence-electron chi connectivity index (χ0n) is 16.7. The van der Waals surface area contributed by atoms with E-state index in [1.54, 1.807) is 0 Å². The lowest BCUT2D eigenvalue weighted by Gasteiger charge is -2.11. The highest BCUT2D eigenvalue weighted by atomic mass is 79.9. The van der Waals surface area contributed by atoms with E-state index in [1.807, 2.05) is 55.5 Å². The van der Waals surface area contributed by atoms with Gasteiger partial charge in [-0.25, -0.2) is 4.99 Å². The third-order valence-electron chi connectivity index (χ3n) is 4.85. The maximum Gasteiger partial charge on any atom is 0.256 e. The summed E-state index contributed by atoms with van der Waals surface area (Å²) in [5.74, 6) is 0.534. The predicted octanol–water partition coefficient (Wildman–Crippen LogP) is 4.74. The van der Waals surface area contributed by atoms with Crippen LogP contribution >= 0.6 is 15.9 Å². The third kappa shape index (κ3) is 4.91. The molecule has 2 aromatic carbocycles. The molecule has 1 N–H and O–H groups in total. The average Bonchev–Trinajstić information content (AvgIpc) is 3.27. The Hall–Kier alpha value is -2.64. The Bertz CT molecular complexity index is 1100. The number of carbonyl (C=O) groups is 1. The fourth-order valence-electron chi connectivity index (χ4n) is 3.36. The molecule has 0 saturated carbocycles. The van der Waals surface area contributed by atoms with Gasteiger partial charge < -0.3 is 19.2 Å². The van der Waals surface area contributed by atoms with Gasteiger partial charge in [0.15, 0.2) is 0 Å². The molecule has 1 fully saturated rings. The minimum atomic E-state index is -0.235. The zero-order valence-corrected chi connectivity index (χ0v) is 18.3. The van der Waals surface area contributed by atoms with Crippen LogP contribution in [0, 0.1) is 0 Å². The maximum absolute atomic E-state index is 13.0. The van der Waals surface area contributed by atoms with Crippen LogP contribution in [0.15, 0.2) is 62.4 Å². The van der Waals surface area contributed by atoms with E-state index in [9.17, 15) is 4.79 Å². The van der Waals surface area contributed by atoms with Gasteiger partial charge in [-0.1, -0.05) is 15.9 Å². The van der Waals surface area contributed by atoms with Crippen molar-refractivity contribution in [3.63, 3.8) is 0 Å². The van der Waals surface area contributed by atoms with Crippen molar-refractivity contribution in [1.82, 2.24) is 5.32 Å². The number of fused-ring (bicyclic) bond motifs is 1. The van der Waals surface area contributed by atoms with Crippen LogP contribution in [0.4, 0.5) is 5.69 Å². The Labute approximate surface area is 183 Å². The van der Waals surface area contributed by atoms with Crippen LogP contribution in [0.3, 0.4) is 0 Å². The Morgan fingerprint density at radius 1 is 1.23 bits per heavy atom. The Kier molecular flexibility index (Phi) is 6.50. The number of carbonyl (C=O) groups excluding carboxylic acids is 1. The molecular weight excluding hydrogens is 448 g/mol. The van der Waals surface area contributed by atoms with Gasteiger partial charge in [0.1, 0.15) is 16.9 Å². The lowest BCUT2D eigenvalue weighted by Crippen LogP contribution is -2.34. The molecule has 1 amide bonds. The number of nitrogens with zero attached hydrogens (tertiary/aromatic N) is 1. The third-order valence-corrected chi connectivity index (χ3v) is 5.34. The van der Waals surface area contributed by atoms with Crippen LogP contribution in [-0.4, -0.2) is 31.8 Å². The summed E-state index contributed by atoms with van der Waals surface area (Å²) >= 11 is 3.47. The molecule has 0 unspecified atom stereocenters. The Morgan fingerprint density at radius 3 is 2.80 bits per heavy atom. The lowest BCUT2D eigenvalue weighted by atomic mass is 10.1. The first-order chi connectivity index (χ1) is 14.6. The van der Waals surface area contributed by atoms with Gasteiger partial charge in [-0.15, -0.1) is 0 Å². The second-order valence-electron chi connectivity index (χ2n) is 7.03. The second-order valence-corrected chi connectivity index (χ2v) is 7.95. The van der Waals surface area contributed by atoms with Crippen molar-refractivity contribution in [2.75, 3.05) is 19.8 Å². The zero-order chi connectivity index (χ0) is 20.9. The van der Waals surface area contributed by atoms with E-state index in [4.69, 9.17) is 13.9 Å². The fourth-order valence-corrected chi connectivity index (χ4v) is 3.73. The summed E-state index contributed by atoms with van der Waals surface area (Å²) < 4.78 is 18.0. The molecule has 7 heteroatoms. The van der Waals surface area contributed by atoms with Gasteiger partial charge in [0, 0.05) is 23.0 Å². The number of amides is 1. The summed E-state index contributed by atoms with van der Waals surface area (Å²) in [6.45, 7) is 3.75. The molecule has 0 radical (unpaired) electrons. The molecule has 3 aromatic rings. The monoisotopic (exact) mass is 470 g/mol. The minimum absolute atomic E-state index is 0.0620. The van der Waals surface area contributed by atoms with Crippen molar-refractivity contribution < 1.29 is 18.7 Å². The van der Waals surface area contributed by atoms with Gasteiger partial charge in [0.05, 0.1) is 18.4 Å². The number of halogens is 1. The molecule has 0 aliphatic carbocycles. The standard InChI is InChI=1S/C23H23BrN2O4/c1-2-28-18-8-6-17(7-9-18)26-23-20(22(27)25-14-19-4-3-11-29-19)13-15-12-16(24)5-10-21(15)30-23/h5-10,12-13,19H,2-4,11,14H2,1H3,(H,25,27)/t19-/m1/s1. The Balaban J connectivity index is 1.70. The van der Waals surface area contributed by atoms with Crippen LogP contribution < -0.4 is 15.6 Å².